The van der Waals surface area contributed by atoms with Gasteiger partial charge in [-0.15, -0.1) is 0 Å². The predicted octanol–water partition coefficient (Wildman–Crippen LogP) is 2.75. The Kier molecular flexibility index (Phi) is 3.31. The second-order valence-corrected chi connectivity index (χ2v) is 4.23. The zero-order valence-corrected chi connectivity index (χ0v) is 8.85. The van der Waals surface area contributed by atoms with Crippen LogP contribution >= 0.6 is 0 Å². The van der Waals surface area contributed by atoms with Crippen LogP contribution in [0.1, 0.15) is 43.8 Å². The minimum absolute atomic E-state index is 0.140. The quantitative estimate of drug-likeness (QED) is 0.745. The van der Waals surface area contributed by atoms with Crippen LogP contribution in [-0.2, 0) is 4.79 Å². The van der Waals surface area contributed by atoms with Crippen LogP contribution in [0.5, 0.6) is 0 Å². The number of carbonyl (C=O) groups excluding carboxylic acids is 1. The topological polar surface area (TPSA) is 34.9 Å². The van der Waals surface area contributed by atoms with Crippen LogP contribution < -0.4 is 0 Å². The first-order valence-electron chi connectivity index (χ1n) is 5.49. The molecule has 1 aromatic heterocycles. The maximum absolute atomic E-state index is 12.3. The molecule has 0 atom stereocenters. The molecule has 0 aromatic carbocycles. The fraction of sp³-hybridized carbons (Fsp3) is 0.636. The van der Waals surface area contributed by atoms with E-state index in [4.69, 9.17) is 0 Å². The summed E-state index contributed by atoms with van der Waals surface area (Å²) < 4.78 is 26.3. The van der Waals surface area contributed by atoms with Crippen molar-refractivity contribution < 1.29 is 13.6 Å². The number of halogens is 2. The smallest absolute Gasteiger partial charge is 0.282 e. The minimum atomic E-state index is -2.51. The SMILES string of the molecule is O=CC1CCC(n2ccc(C(F)F)n2)CC1. The van der Waals surface area contributed by atoms with Gasteiger partial charge in [0.1, 0.15) is 12.0 Å². The lowest BCUT2D eigenvalue weighted by molar-refractivity contribution is -0.112. The molecule has 0 N–H and O–H groups in total. The molecule has 0 unspecified atom stereocenters. The monoisotopic (exact) mass is 228 g/mol. The molecular weight excluding hydrogens is 214 g/mol. The average Bonchev–Trinajstić information content (AvgIpc) is 2.78. The van der Waals surface area contributed by atoms with Crippen molar-refractivity contribution >= 4 is 6.29 Å². The Morgan fingerprint density at radius 3 is 2.56 bits per heavy atom. The summed E-state index contributed by atoms with van der Waals surface area (Å²) in [5.41, 5.74) is -0.169. The number of hydrogen-bond acceptors (Lipinski definition) is 2. The fourth-order valence-corrected chi connectivity index (χ4v) is 2.17. The van der Waals surface area contributed by atoms with Crippen molar-refractivity contribution in [1.29, 1.82) is 0 Å². The zero-order chi connectivity index (χ0) is 11.5. The average molecular weight is 228 g/mol. The maximum Gasteiger partial charge on any atom is 0.282 e. The van der Waals surface area contributed by atoms with Crippen molar-refractivity contribution in [2.75, 3.05) is 0 Å². The van der Waals surface area contributed by atoms with Crippen molar-refractivity contribution in [2.24, 2.45) is 5.92 Å². The summed E-state index contributed by atoms with van der Waals surface area (Å²) in [7, 11) is 0. The van der Waals surface area contributed by atoms with Crippen LogP contribution in [-0.4, -0.2) is 16.1 Å². The van der Waals surface area contributed by atoms with Crippen LogP contribution in [0.25, 0.3) is 0 Å². The van der Waals surface area contributed by atoms with E-state index in [0.29, 0.717) is 0 Å². The third-order valence-electron chi connectivity index (χ3n) is 3.16. The number of aromatic nitrogens is 2. The standard InChI is InChI=1S/C11H14F2N2O/c12-11(13)10-5-6-15(14-10)9-3-1-8(7-16)2-4-9/h5-9,11H,1-4H2. The van der Waals surface area contributed by atoms with Gasteiger partial charge in [-0.05, 0) is 31.7 Å². The molecule has 0 radical (unpaired) electrons. The Labute approximate surface area is 92.4 Å². The highest BCUT2D eigenvalue weighted by Crippen LogP contribution is 2.31. The van der Waals surface area contributed by atoms with E-state index >= 15 is 0 Å². The second-order valence-electron chi connectivity index (χ2n) is 4.23. The van der Waals surface area contributed by atoms with Gasteiger partial charge >= 0.3 is 0 Å². The molecule has 16 heavy (non-hydrogen) atoms. The second kappa shape index (κ2) is 4.72. The molecule has 0 spiro atoms. The van der Waals surface area contributed by atoms with Gasteiger partial charge in [-0.25, -0.2) is 8.78 Å². The van der Waals surface area contributed by atoms with Crippen LogP contribution in [0.2, 0.25) is 0 Å². The van der Waals surface area contributed by atoms with E-state index < -0.39 is 6.43 Å². The molecule has 0 saturated heterocycles. The Hall–Kier alpha value is -1.26. The van der Waals surface area contributed by atoms with Crippen LogP contribution in [0, 0.1) is 5.92 Å². The normalized spacial score (nSPS) is 25.9. The largest absolute Gasteiger partial charge is 0.303 e. The molecule has 0 aliphatic heterocycles. The van der Waals surface area contributed by atoms with E-state index in [1.807, 2.05) is 0 Å². The van der Waals surface area contributed by atoms with Gasteiger partial charge in [-0.2, -0.15) is 5.10 Å². The zero-order valence-electron chi connectivity index (χ0n) is 8.85. The number of nitrogens with zero attached hydrogens (tertiary/aromatic N) is 2. The summed E-state index contributed by atoms with van der Waals surface area (Å²) in [5, 5.41) is 3.86. The van der Waals surface area contributed by atoms with Gasteiger partial charge in [-0.1, -0.05) is 0 Å². The minimum Gasteiger partial charge on any atom is -0.303 e. The van der Waals surface area contributed by atoms with Crippen molar-refractivity contribution in [1.82, 2.24) is 9.78 Å². The van der Waals surface area contributed by atoms with E-state index in [1.54, 1.807) is 10.9 Å². The highest BCUT2D eigenvalue weighted by Gasteiger charge is 2.23. The van der Waals surface area contributed by atoms with E-state index in [9.17, 15) is 13.6 Å². The molecule has 1 aliphatic rings. The third kappa shape index (κ3) is 2.28. The first-order chi connectivity index (χ1) is 7.70. The molecular formula is C11H14F2N2O. The lowest BCUT2D eigenvalue weighted by atomic mass is 9.87. The van der Waals surface area contributed by atoms with E-state index in [2.05, 4.69) is 5.10 Å². The van der Waals surface area contributed by atoms with Crippen LogP contribution in [0.3, 0.4) is 0 Å². The third-order valence-corrected chi connectivity index (χ3v) is 3.16. The number of alkyl halides is 2. The van der Waals surface area contributed by atoms with Crippen molar-refractivity contribution in [3.05, 3.63) is 18.0 Å². The number of rotatable bonds is 3. The molecule has 1 aromatic rings. The van der Waals surface area contributed by atoms with Crippen molar-refractivity contribution in [3.63, 3.8) is 0 Å². The van der Waals surface area contributed by atoms with Gasteiger partial charge in [0.15, 0.2) is 0 Å². The summed E-state index contributed by atoms with van der Waals surface area (Å²) in [6.07, 6.45) is 3.43. The van der Waals surface area contributed by atoms with E-state index in [0.717, 1.165) is 32.0 Å². The molecule has 1 fully saturated rings. The molecule has 2 rings (SSSR count). The lowest BCUT2D eigenvalue weighted by Gasteiger charge is -2.25. The van der Waals surface area contributed by atoms with Gasteiger partial charge in [0, 0.05) is 12.1 Å². The molecule has 1 saturated carbocycles. The van der Waals surface area contributed by atoms with Gasteiger partial charge < -0.3 is 4.79 Å². The van der Waals surface area contributed by atoms with Crippen molar-refractivity contribution in [3.8, 4) is 0 Å². The Balaban J connectivity index is 2.00. The Bertz CT molecular complexity index is 357. The highest BCUT2D eigenvalue weighted by atomic mass is 19.3. The molecule has 88 valence electrons. The van der Waals surface area contributed by atoms with Crippen molar-refractivity contribution in [2.45, 2.75) is 38.2 Å². The number of carbonyl (C=O) groups is 1. The Morgan fingerprint density at radius 1 is 1.38 bits per heavy atom. The van der Waals surface area contributed by atoms with Crippen LogP contribution in [0.4, 0.5) is 8.78 Å². The molecule has 1 heterocycles. The molecule has 1 aliphatic carbocycles. The van der Waals surface area contributed by atoms with Gasteiger partial charge in [-0.3, -0.25) is 4.68 Å². The summed E-state index contributed by atoms with van der Waals surface area (Å²) in [6, 6.07) is 1.53. The molecule has 3 nitrogen and oxygen atoms in total. The maximum atomic E-state index is 12.3. The number of hydrogen-bond donors (Lipinski definition) is 0. The first kappa shape index (κ1) is 11.2. The summed E-state index contributed by atoms with van der Waals surface area (Å²) >= 11 is 0. The fourth-order valence-electron chi connectivity index (χ4n) is 2.17. The van der Waals surface area contributed by atoms with E-state index in [1.165, 1.54) is 6.07 Å². The summed E-state index contributed by atoms with van der Waals surface area (Å²) in [6.45, 7) is 0. The lowest BCUT2D eigenvalue weighted by Crippen LogP contribution is -2.19. The van der Waals surface area contributed by atoms with Crippen LogP contribution in [0.15, 0.2) is 12.3 Å². The van der Waals surface area contributed by atoms with Gasteiger partial charge in [0.25, 0.3) is 6.43 Å². The molecule has 0 bridgehead atoms. The van der Waals surface area contributed by atoms with Gasteiger partial charge in [0.2, 0.25) is 0 Å². The summed E-state index contributed by atoms with van der Waals surface area (Å²) in [5.74, 6) is 0.140. The Morgan fingerprint density at radius 2 is 2.06 bits per heavy atom. The highest BCUT2D eigenvalue weighted by molar-refractivity contribution is 5.53. The number of aldehydes is 1. The molecule has 5 heteroatoms. The van der Waals surface area contributed by atoms with Gasteiger partial charge in [0.05, 0.1) is 6.04 Å². The summed E-state index contributed by atoms with van der Waals surface area (Å²) in [4.78, 5) is 10.6. The van der Waals surface area contributed by atoms with E-state index in [-0.39, 0.29) is 17.7 Å². The molecule has 0 amide bonds. The predicted molar refractivity (Wildman–Crippen MR) is 54.2 cm³/mol. The first-order valence-corrected chi connectivity index (χ1v) is 5.49.